The molecule has 6 heteroatoms. The van der Waals surface area contributed by atoms with E-state index in [1.54, 1.807) is 31.1 Å². The van der Waals surface area contributed by atoms with Gasteiger partial charge in [-0.1, -0.05) is 19.9 Å². The minimum Gasteiger partial charge on any atom is -0.388 e. The summed E-state index contributed by atoms with van der Waals surface area (Å²) in [5.41, 5.74) is 0.306. The molecule has 1 aromatic rings. The van der Waals surface area contributed by atoms with Crippen molar-refractivity contribution in [3.05, 3.63) is 29.6 Å². The summed E-state index contributed by atoms with van der Waals surface area (Å²) in [6.45, 7) is 4.17. The smallest absolute Gasteiger partial charge is 0.315 e. The number of benzene rings is 1. The molecule has 0 aliphatic rings. The minimum atomic E-state index is -0.878. The van der Waals surface area contributed by atoms with Crippen LogP contribution in [0.15, 0.2) is 18.2 Å². The van der Waals surface area contributed by atoms with E-state index in [1.165, 1.54) is 6.07 Å². The predicted molar refractivity (Wildman–Crippen MR) is 86.5 cm³/mol. The fourth-order valence-electron chi connectivity index (χ4n) is 2.01. The Morgan fingerprint density at radius 3 is 2.41 bits per heavy atom. The van der Waals surface area contributed by atoms with Gasteiger partial charge in [0.05, 0.1) is 11.3 Å². The molecule has 1 aromatic carbocycles. The van der Waals surface area contributed by atoms with Crippen LogP contribution in [0.4, 0.5) is 14.9 Å². The number of nitrogens with zero attached hydrogens (tertiary/aromatic N) is 1. The van der Waals surface area contributed by atoms with E-state index in [-0.39, 0.29) is 24.9 Å². The molecule has 3 N–H and O–H groups in total. The molecule has 0 aromatic heterocycles. The summed E-state index contributed by atoms with van der Waals surface area (Å²) in [7, 11) is 3.54. The van der Waals surface area contributed by atoms with E-state index in [4.69, 9.17) is 0 Å². The molecular formula is C16H26FN3O2. The lowest BCUT2D eigenvalue weighted by Crippen LogP contribution is -2.45. The summed E-state index contributed by atoms with van der Waals surface area (Å²) in [5.74, 6) is -0.323. The Kier molecular flexibility index (Phi) is 6.61. The van der Waals surface area contributed by atoms with Crippen molar-refractivity contribution >= 4 is 11.7 Å². The van der Waals surface area contributed by atoms with Crippen LogP contribution in [0.1, 0.15) is 32.3 Å². The van der Waals surface area contributed by atoms with Crippen molar-refractivity contribution in [1.29, 1.82) is 0 Å². The van der Waals surface area contributed by atoms with Crippen LogP contribution < -0.4 is 15.5 Å². The van der Waals surface area contributed by atoms with Crippen molar-refractivity contribution in [1.82, 2.24) is 10.6 Å². The molecule has 22 heavy (non-hydrogen) atoms. The molecule has 0 atom stereocenters. The van der Waals surface area contributed by atoms with Crippen molar-refractivity contribution in [2.24, 2.45) is 0 Å². The number of carbonyl (C=O) groups is 1. The number of nitrogens with one attached hydrogen (secondary N) is 2. The van der Waals surface area contributed by atoms with Gasteiger partial charge in [-0.15, -0.1) is 0 Å². The third kappa shape index (κ3) is 5.18. The van der Waals surface area contributed by atoms with Crippen molar-refractivity contribution in [3.63, 3.8) is 0 Å². The van der Waals surface area contributed by atoms with Crippen LogP contribution in [0, 0.1) is 5.82 Å². The van der Waals surface area contributed by atoms with Crippen LogP contribution in [0.25, 0.3) is 0 Å². The molecule has 124 valence electrons. The van der Waals surface area contributed by atoms with Crippen LogP contribution in [0.3, 0.4) is 0 Å². The molecule has 0 saturated heterocycles. The van der Waals surface area contributed by atoms with E-state index in [0.29, 0.717) is 24.1 Å². The summed E-state index contributed by atoms with van der Waals surface area (Å²) in [4.78, 5) is 13.4. The summed E-state index contributed by atoms with van der Waals surface area (Å²) in [6.07, 6.45) is 1.14. The average molecular weight is 311 g/mol. The summed E-state index contributed by atoms with van der Waals surface area (Å²) >= 11 is 0. The number of anilines is 1. The molecule has 5 nitrogen and oxygen atoms in total. The molecular weight excluding hydrogens is 285 g/mol. The first kappa shape index (κ1) is 18.2. The summed E-state index contributed by atoms with van der Waals surface area (Å²) in [5, 5.41) is 15.4. The number of halogens is 1. The third-order valence-electron chi connectivity index (χ3n) is 3.84. The molecule has 0 heterocycles. The van der Waals surface area contributed by atoms with Gasteiger partial charge >= 0.3 is 6.03 Å². The quantitative estimate of drug-likeness (QED) is 0.723. The fourth-order valence-corrected chi connectivity index (χ4v) is 2.01. The van der Waals surface area contributed by atoms with Crippen molar-refractivity contribution < 1.29 is 14.3 Å². The van der Waals surface area contributed by atoms with Crippen LogP contribution >= 0.6 is 0 Å². The molecule has 0 unspecified atom stereocenters. The van der Waals surface area contributed by atoms with Gasteiger partial charge in [0, 0.05) is 27.2 Å². The topological polar surface area (TPSA) is 64.6 Å². The van der Waals surface area contributed by atoms with Gasteiger partial charge in [-0.3, -0.25) is 0 Å². The highest BCUT2D eigenvalue weighted by Crippen LogP contribution is 2.18. The fraction of sp³-hybridized carbons (Fsp3) is 0.562. The molecule has 0 spiro atoms. The predicted octanol–water partition coefficient (Wildman–Crippen LogP) is 2.24. The lowest BCUT2D eigenvalue weighted by Gasteiger charge is -2.25. The van der Waals surface area contributed by atoms with Crippen LogP contribution in [0.5, 0.6) is 0 Å². The van der Waals surface area contributed by atoms with Crippen LogP contribution in [-0.4, -0.2) is 37.4 Å². The monoisotopic (exact) mass is 311 g/mol. The lowest BCUT2D eigenvalue weighted by atomic mass is 9.98. The van der Waals surface area contributed by atoms with E-state index in [0.717, 1.165) is 0 Å². The van der Waals surface area contributed by atoms with Gasteiger partial charge in [0.15, 0.2) is 0 Å². The zero-order valence-electron chi connectivity index (χ0n) is 13.7. The molecule has 0 fully saturated rings. The molecule has 0 saturated carbocycles. The maximum Gasteiger partial charge on any atom is 0.315 e. The van der Waals surface area contributed by atoms with E-state index in [9.17, 15) is 14.3 Å². The molecule has 1 rings (SSSR count). The van der Waals surface area contributed by atoms with E-state index >= 15 is 0 Å². The van der Waals surface area contributed by atoms with Gasteiger partial charge in [-0.25, -0.2) is 9.18 Å². The number of hydrogen-bond donors (Lipinski definition) is 3. The standard InChI is InChI=1S/C16H26FN3O2/c1-5-16(22,6-2)11-19-15(21)18-10-12-7-8-14(20(3)4)13(17)9-12/h7-9,22H,5-6,10-11H2,1-4H3,(H2,18,19,21). The SMILES string of the molecule is CCC(O)(CC)CNC(=O)NCc1ccc(N(C)C)c(F)c1. The number of rotatable bonds is 7. The van der Waals surface area contributed by atoms with Crippen molar-refractivity contribution in [2.75, 3.05) is 25.5 Å². The molecule has 0 bridgehead atoms. The minimum absolute atomic E-state index is 0.194. The van der Waals surface area contributed by atoms with Crippen LogP contribution in [0.2, 0.25) is 0 Å². The normalized spacial score (nSPS) is 11.2. The Hall–Kier alpha value is -1.82. The Labute approximate surface area is 131 Å². The van der Waals surface area contributed by atoms with Gasteiger partial charge in [0.25, 0.3) is 0 Å². The first-order valence-corrected chi connectivity index (χ1v) is 7.51. The van der Waals surface area contributed by atoms with Crippen LogP contribution in [-0.2, 0) is 6.54 Å². The second-order valence-electron chi connectivity index (χ2n) is 5.65. The number of carbonyl (C=O) groups excluding carboxylic acids is 1. The summed E-state index contributed by atoms with van der Waals surface area (Å²) in [6, 6.07) is 4.48. The number of hydrogen-bond acceptors (Lipinski definition) is 3. The van der Waals surface area contributed by atoms with Gasteiger partial charge in [-0.05, 0) is 30.5 Å². The lowest BCUT2D eigenvalue weighted by molar-refractivity contribution is 0.0349. The highest BCUT2D eigenvalue weighted by atomic mass is 19.1. The molecule has 2 amide bonds. The second-order valence-corrected chi connectivity index (χ2v) is 5.65. The van der Waals surface area contributed by atoms with Crippen molar-refractivity contribution in [3.8, 4) is 0 Å². The maximum atomic E-state index is 13.8. The number of urea groups is 1. The van der Waals surface area contributed by atoms with Gasteiger partial charge in [-0.2, -0.15) is 0 Å². The van der Waals surface area contributed by atoms with E-state index in [2.05, 4.69) is 10.6 Å². The average Bonchev–Trinajstić information content (AvgIpc) is 2.50. The second kappa shape index (κ2) is 7.98. The first-order chi connectivity index (χ1) is 10.3. The van der Waals surface area contributed by atoms with Gasteiger partial charge < -0.3 is 20.6 Å². The first-order valence-electron chi connectivity index (χ1n) is 7.51. The highest BCUT2D eigenvalue weighted by Gasteiger charge is 2.22. The highest BCUT2D eigenvalue weighted by molar-refractivity contribution is 5.73. The summed E-state index contributed by atoms with van der Waals surface area (Å²) < 4.78 is 13.8. The Morgan fingerprint density at radius 1 is 1.27 bits per heavy atom. The Balaban J connectivity index is 2.49. The largest absolute Gasteiger partial charge is 0.388 e. The van der Waals surface area contributed by atoms with E-state index < -0.39 is 5.60 Å². The Bertz CT molecular complexity index is 502. The zero-order chi connectivity index (χ0) is 16.8. The molecule has 0 aliphatic carbocycles. The van der Waals surface area contributed by atoms with Crippen molar-refractivity contribution in [2.45, 2.75) is 38.8 Å². The van der Waals surface area contributed by atoms with Gasteiger partial charge in [0.2, 0.25) is 0 Å². The molecule has 0 aliphatic heterocycles. The zero-order valence-corrected chi connectivity index (χ0v) is 13.7. The number of amides is 2. The van der Waals surface area contributed by atoms with E-state index in [1.807, 2.05) is 13.8 Å². The molecule has 0 radical (unpaired) electrons. The third-order valence-corrected chi connectivity index (χ3v) is 3.84. The maximum absolute atomic E-state index is 13.8. The van der Waals surface area contributed by atoms with Gasteiger partial charge in [0.1, 0.15) is 5.82 Å². The number of aliphatic hydroxyl groups is 1. The Morgan fingerprint density at radius 2 is 1.91 bits per heavy atom.